The SMILES string of the molecule is COC(=O)C(Cc1ccc(NC(=O)c2ccccc2[N+](=O)[O-])cc1)NC(=O)C1CCC(C)(C(=O)O)C1(C)C. The van der Waals surface area contributed by atoms with Crippen LogP contribution in [-0.2, 0) is 25.5 Å². The zero-order chi connectivity index (χ0) is 28.3. The number of nitrogens with zero attached hydrogens (tertiary/aromatic N) is 1. The van der Waals surface area contributed by atoms with E-state index in [-0.39, 0.29) is 17.7 Å². The first-order chi connectivity index (χ1) is 17.8. The average Bonchev–Trinajstić information content (AvgIpc) is 3.13. The number of carboxylic acid groups (broad SMARTS) is 1. The van der Waals surface area contributed by atoms with Crippen LogP contribution in [0.5, 0.6) is 0 Å². The Labute approximate surface area is 219 Å². The molecule has 1 fully saturated rings. The number of methoxy groups -OCH3 is 1. The van der Waals surface area contributed by atoms with Crippen molar-refractivity contribution in [2.45, 2.75) is 46.1 Å². The second-order valence-corrected chi connectivity index (χ2v) is 10.2. The van der Waals surface area contributed by atoms with Crippen LogP contribution in [0.25, 0.3) is 0 Å². The van der Waals surface area contributed by atoms with Crippen molar-refractivity contribution in [3.63, 3.8) is 0 Å². The number of amides is 2. The highest BCUT2D eigenvalue weighted by molar-refractivity contribution is 6.07. The summed E-state index contributed by atoms with van der Waals surface area (Å²) >= 11 is 0. The predicted octanol–water partition coefficient (Wildman–Crippen LogP) is 3.57. The molecular formula is C27H31N3O8. The monoisotopic (exact) mass is 525 g/mol. The first-order valence-corrected chi connectivity index (χ1v) is 12.1. The minimum atomic E-state index is -1.07. The molecular weight excluding hydrogens is 494 g/mol. The standard InChI is InChI=1S/C27H31N3O8/c1-26(2)19(13-14-27(26,3)25(34)35)23(32)29-20(24(33)38-4)15-16-9-11-17(12-10-16)28-22(31)18-7-5-6-8-21(18)30(36)37/h5-12,19-20H,13-15H2,1-4H3,(H,28,31)(H,29,32)(H,34,35). The molecule has 2 amide bonds. The van der Waals surface area contributed by atoms with Gasteiger partial charge in [-0.1, -0.05) is 38.1 Å². The van der Waals surface area contributed by atoms with Gasteiger partial charge in [0.25, 0.3) is 11.6 Å². The molecule has 1 saturated carbocycles. The third-order valence-corrected chi connectivity index (χ3v) is 7.81. The van der Waals surface area contributed by atoms with E-state index >= 15 is 0 Å². The van der Waals surface area contributed by atoms with Crippen molar-refractivity contribution < 1.29 is 33.9 Å². The molecule has 3 unspecified atom stereocenters. The van der Waals surface area contributed by atoms with E-state index in [1.165, 1.54) is 31.4 Å². The molecule has 11 heteroatoms. The van der Waals surface area contributed by atoms with Crippen LogP contribution in [0.3, 0.4) is 0 Å². The summed E-state index contributed by atoms with van der Waals surface area (Å²) in [5.41, 5.74) is -1.26. The zero-order valence-electron chi connectivity index (χ0n) is 21.6. The number of esters is 1. The lowest BCUT2D eigenvalue weighted by Crippen LogP contribution is -2.50. The number of hydrogen-bond donors (Lipinski definition) is 3. The highest BCUT2D eigenvalue weighted by atomic mass is 16.6. The number of aliphatic carboxylic acids is 1. The number of ether oxygens (including phenoxy) is 1. The van der Waals surface area contributed by atoms with Crippen LogP contribution in [0.15, 0.2) is 48.5 Å². The number of carbonyl (C=O) groups excluding carboxylic acids is 3. The van der Waals surface area contributed by atoms with E-state index in [9.17, 15) is 34.4 Å². The predicted molar refractivity (Wildman–Crippen MR) is 137 cm³/mol. The number of carbonyl (C=O) groups is 4. The summed E-state index contributed by atoms with van der Waals surface area (Å²) in [4.78, 5) is 60.7. The molecule has 11 nitrogen and oxygen atoms in total. The van der Waals surface area contributed by atoms with E-state index in [1.807, 2.05) is 0 Å². The zero-order valence-corrected chi connectivity index (χ0v) is 21.6. The Morgan fingerprint density at radius 2 is 1.74 bits per heavy atom. The number of hydrogen-bond acceptors (Lipinski definition) is 7. The first-order valence-electron chi connectivity index (χ1n) is 12.1. The molecule has 3 atom stereocenters. The van der Waals surface area contributed by atoms with Gasteiger partial charge in [0, 0.05) is 24.1 Å². The Morgan fingerprint density at radius 3 is 2.29 bits per heavy atom. The summed E-state index contributed by atoms with van der Waals surface area (Å²) in [6.45, 7) is 5.14. The number of anilines is 1. The largest absolute Gasteiger partial charge is 0.481 e. The van der Waals surface area contributed by atoms with Gasteiger partial charge in [0.2, 0.25) is 5.91 Å². The summed E-state index contributed by atoms with van der Waals surface area (Å²) in [5, 5.41) is 26.3. The molecule has 38 heavy (non-hydrogen) atoms. The molecule has 0 saturated heterocycles. The molecule has 3 rings (SSSR count). The van der Waals surface area contributed by atoms with Gasteiger partial charge in [-0.05, 0) is 48.9 Å². The van der Waals surface area contributed by atoms with Crippen LogP contribution in [-0.4, -0.2) is 46.9 Å². The van der Waals surface area contributed by atoms with Gasteiger partial charge in [0.15, 0.2) is 0 Å². The van der Waals surface area contributed by atoms with Gasteiger partial charge in [-0.3, -0.25) is 24.5 Å². The maximum atomic E-state index is 13.2. The summed E-state index contributed by atoms with van der Waals surface area (Å²) in [6, 6.07) is 11.1. The van der Waals surface area contributed by atoms with Gasteiger partial charge >= 0.3 is 11.9 Å². The smallest absolute Gasteiger partial charge is 0.328 e. The molecule has 0 aliphatic heterocycles. The number of nitro groups is 1. The van der Waals surface area contributed by atoms with Gasteiger partial charge in [-0.15, -0.1) is 0 Å². The maximum absolute atomic E-state index is 13.2. The van der Waals surface area contributed by atoms with Gasteiger partial charge in [-0.2, -0.15) is 0 Å². The molecule has 0 spiro atoms. The molecule has 0 radical (unpaired) electrons. The fraction of sp³-hybridized carbons (Fsp3) is 0.407. The van der Waals surface area contributed by atoms with Crippen molar-refractivity contribution in [3.8, 4) is 0 Å². The van der Waals surface area contributed by atoms with E-state index in [2.05, 4.69) is 10.6 Å². The Bertz CT molecular complexity index is 1260. The highest BCUT2D eigenvalue weighted by Crippen LogP contribution is 2.56. The lowest BCUT2D eigenvalue weighted by Gasteiger charge is -2.38. The van der Waals surface area contributed by atoms with Crippen molar-refractivity contribution in [1.29, 1.82) is 0 Å². The van der Waals surface area contributed by atoms with Crippen LogP contribution in [0.1, 0.15) is 49.5 Å². The molecule has 1 aliphatic rings. The summed E-state index contributed by atoms with van der Waals surface area (Å²) in [6.07, 6.45) is 0.819. The van der Waals surface area contributed by atoms with Crippen molar-refractivity contribution in [3.05, 3.63) is 69.8 Å². The van der Waals surface area contributed by atoms with E-state index in [0.29, 0.717) is 24.1 Å². The lowest BCUT2D eigenvalue weighted by atomic mass is 9.65. The van der Waals surface area contributed by atoms with Crippen LogP contribution in [0.4, 0.5) is 11.4 Å². The molecule has 0 bridgehead atoms. The molecule has 2 aromatic carbocycles. The number of carboxylic acids is 1. The minimum absolute atomic E-state index is 0.0797. The maximum Gasteiger partial charge on any atom is 0.328 e. The first kappa shape index (κ1) is 28.3. The lowest BCUT2D eigenvalue weighted by molar-refractivity contribution is -0.385. The van der Waals surface area contributed by atoms with E-state index in [1.54, 1.807) is 45.0 Å². The minimum Gasteiger partial charge on any atom is -0.481 e. The molecule has 1 aliphatic carbocycles. The van der Waals surface area contributed by atoms with Gasteiger partial charge in [0.1, 0.15) is 11.6 Å². The topological polar surface area (TPSA) is 165 Å². The average molecular weight is 526 g/mol. The third kappa shape index (κ3) is 5.51. The number of rotatable bonds is 9. The summed E-state index contributed by atoms with van der Waals surface area (Å²) in [5.74, 6) is -3.27. The third-order valence-electron chi connectivity index (χ3n) is 7.81. The number of benzene rings is 2. The fourth-order valence-electron chi connectivity index (χ4n) is 4.93. The molecule has 0 aromatic heterocycles. The van der Waals surface area contributed by atoms with Gasteiger partial charge in [0.05, 0.1) is 17.4 Å². The van der Waals surface area contributed by atoms with Gasteiger partial charge < -0.3 is 20.5 Å². The molecule has 0 heterocycles. The Morgan fingerprint density at radius 1 is 1.11 bits per heavy atom. The van der Waals surface area contributed by atoms with Crippen molar-refractivity contribution in [1.82, 2.24) is 5.32 Å². The fourth-order valence-corrected chi connectivity index (χ4v) is 4.93. The van der Waals surface area contributed by atoms with Crippen LogP contribution in [0, 0.1) is 26.9 Å². The summed E-state index contributed by atoms with van der Waals surface area (Å²) < 4.78 is 4.88. The Hall–Kier alpha value is -4.28. The van der Waals surface area contributed by atoms with Crippen LogP contribution in [0.2, 0.25) is 0 Å². The molecule has 202 valence electrons. The van der Waals surface area contributed by atoms with Crippen molar-refractivity contribution >= 4 is 35.1 Å². The van der Waals surface area contributed by atoms with Crippen molar-refractivity contribution in [2.24, 2.45) is 16.7 Å². The Kier molecular flexibility index (Phi) is 8.19. The van der Waals surface area contributed by atoms with E-state index in [4.69, 9.17) is 4.74 Å². The normalized spacial score (nSPS) is 20.7. The number of nitro benzene ring substituents is 1. The van der Waals surface area contributed by atoms with Crippen LogP contribution < -0.4 is 10.6 Å². The van der Waals surface area contributed by atoms with E-state index in [0.717, 1.165) is 0 Å². The van der Waals surface area contributed by atoms with Crippen LogP contribution >= 0.6 is 0 Å². The summed E-state index contributed by atoms with van der Waals surface area (Å²) in [7, 11) is 1.21. The highest BCUT2D eigenvalue weighted by Gasteiger charge is 2.58. The van der Waals surface area contributed by atoms with Crippen molar-refractivity contribution in [2.75, 3.05) is 12.4 Å². The molecule has 3 N–H and O–H groups in total. The number of nitrogens with one attached hydrogen (secondary N) is 2. The second-order valence-electron chi connectivity index (χ2n) is 10.2. The van der Waals surface area contributed by atoms with Gasteiger partial charge in [-0.25, -0.2) is 4.79 Å². The second kappa shape index (κ2) is 11.0. The Balaban J connectivity index is 1.71. The quantitative estimate of drug-likeness (QED) is 0.254. The van der Waals surface area contributed by atoms with E-state index < -0.39 is 51.5 Å². The number of para-hydroxylation sites is 1. The molecule has 2 aromatic rings.